The van der Waals surface area contributed by atoms with Gasteiger partial charge in [0.05, 0.1) is 12.0 Å². The largest absolute Gasteiger partial charge is 0.479 e. The zero-order chi connectivity index (χ0) is 17.1. The minimum atomic E-state index is -0.603. The summed E-state index contributed by atoms with van der Waals surface area (Å²) in [5.41, 5.74) is 0.620. The minimum Gasteiger partial charge on any atom is -0.479 e. The van der Waals surface area contributed by atoms with Gasteiger partial charge in [0.1, 0.15) is 18.1 Å². The van der Waals surface area contributed by atoms with Crippen LogP contribution < -0.4 is 15.0 Å². The first-order chi connectivity index (χ1) is 11.5. The van der Waals surface area contributed by atoms with Crippen LogP contribution in [0.4, 0.5) is 5.69 Å². The molecule has 2 heterocycles. The lowest BCUT2D eigenvalue weighted by molar-refractivity contribution is -0.128. The molecule has 6 heteroatoms. The van der Waals surface area contributed by atoms with Gasteiger partial charge in [0.2, 0.25) is 5.91 Å². The lowest BCUT2D eigenvalue weighted by atomic mass is 10.1. The number of amides is 2. The third-order valence-corrected chi connectivity index (χ3v) is 3.87. The number of nitrogens with one attached hydrogen (secondary N) is 1. The number of hydrogen-bond donors (Lipinski definition) is 1. The van der Waals surface area contributed by atoms with E-state index >= 15 is 0 Å². The van der Waals surface area contributed by atoms with Gasteiger partial charge in [0, 0.05) is 12.5 Å². The van der Waals surface area contributed by atoms with Gasteiger partial charge in [0.25, 0.3) is 5.91 Å². The number of benzene rings is 1. The van der Waals surface area contributed by atoms with Gasteiger partial charge >= 0.3 is 0 Å². The van der Waals surface area contributed by atoms with Crippen LogP contribution in [0.1, 0.15) is 19.6 Å². The summed E-state index contributed by atoms with van der Waals surface area (Å²) < 4.78 is 10.9. The number of fused-ring (bicyclic) bond motifs is 1. The highest BCUT2D eigenvalue weighted by Crippen LogP contribution is 2.33. The van der Waals surface area contributed by atoms with Crippen LogP contribution in [0.25, 0.3) is 0 Å². The minimum absolute atomic E-state index is 0.0357. The van der Waals surface area contributed by atoms with Gasteiger partial charge in [0.15, 0.2) is 6.10 Å². The van der Waals surface area contributed by atoms with Crippen molar-refractivity contribution >= 4 is 17.5 Å². The molecule has 0 aliphatic carbocycles. The van der Waals surface area contributed by atoms with Crippen LogP contribution in [0.3, 0.4) is 0 Å². The van der Waals surface area contributed by atoms with Crippen molar-refractivity contribution in [3.8, 4) is 5.75 Å². The highest BCUT2D eigenvalue weighted by Gasteiger charge is 2.32. The van der Waals surface area contributed by atoms with E-state index in [0.29, 0.717) is 17.9 Å². The first-order valence-electron chi connectivity index (χ1n) is 7.93. The molecule has 2 amide bonds. The first-order valence-corrected chi connectivity index (χ1v) is 7.93. The maximum Gasteiger partial charge on any atom is 0.268 e. The van der Waals surface area contributed by atoms with Crippen LogP contribution in [0.5, 0.6) is 5.75 Å². The smallest absolute Gasteiger partial charge is 0.268 e. The standard InChI is InChI=1S/C18H20N2O4/c1-12(10-14-6-5-9-23-14)19-17(21)11-20-15-7-3-4-8-16(15)24-13(2)18(20)22/h3-9,12-13H,10-11H2,1-2H3,(H,19,21)/t12-,13-/m1/s1. The first kappa shape index (κ1) is 16.1. The molecule has 0 radical (unpaired) electrons. The molecule has 1 aromatic heterocycles. The molecule has 0 saturated carbocycles. The molecule has 0 fully saturated rings. The second kappa shape index (κ2) is 6.78. The van der Waals surface area contributed by atoms with Gasteiger partial charge in [-0.15, -0.1) is 0 Å². The Balaban J connectivity index is 1.66. The van der Waals surface area contributed by atoms with E-state index in [9.17, 15) is 9.59 Å². The summed E-state index contributed by atoms with van der Waals surface area (Å²) in [6, 6.07) is 10.8. The molecule has 0 unspecified atom stereocenters. The molecule has 0 saturated heterocycles. The Morgan fingerprint density at radius 3 is 2.83 bits per heavy atom. The van der Waals surface area contributed by atoms with E-state index in [1.165, 1.54) is 4.90 Å². The molecule has 126 valence electrons. The van der Waals surface area contributed by atoms with Gasteiger partial charge in [-0.25, -0.2) is 0 Å². The van der Waals surface area contributed by atoms with E-state index < -0.39 is 6.10 Å². The number of para-hydroxylation sites is 2. The zero-order valence-corrected chi connectivity index (χ0v) is 13.7. The molecule has 2 aromatic rings. The van der Waals surface area contributed by atoms with Gasteiger partial charge in [-0.05, 0) is 38.1 Å². The second-order valence-corrected chi connectivity index (χ2v) is 5.90. The summed E-state index contributed by atoms with van der Waals surface area (Å²) in [6.45, 7) is 3.55. The van der Waals surface area contributed by atoms with Gasteiger partial charge < -0.3 is 14.5 Å². The molecular formula is C18H20N2O4. The number of carbonyl (C=O) groups excluding carboxylic acids is 2. The van der Waals surface area contributed by atoms with Gasteiger partial charge in [-0.1, -0.05) is 12.1 Å². The Morgan fingerprint density at radius 1 is 1.29 bits per heavy atom. The van der Waals surface area contributed by atoms with Crippen LogP contribution in [0, 0.1) is 0 Å². The maximum atomic E-state index is 12.4. The number of hydrogen-bond acceptors (Lipinski definition) is 4. The summed E-state index contributed by atoms with van der Waals surface area (Å²) >= 11 is 0. The summed E-state index contributed by atoms with van der Waals surface area (Å²) in [6.07, 6.45) is 1.60. The normalized spacial score (nSPS) is 17.8. The monoisotopic (exact) mass is 328 g/mol. The number of furan rings is 1. The van der Waals surface area contributed by atoms with E-state index in [-0.39, 0.29) is 24.4 Å². The Labute approximate surface area is 140 Å². The molecule has 3 rings (SSSR count). The lowest BCUT2D eigenvalue weighted by Gasteiger charge is -2.32. The molecule has 1 N–H and O–H groups in total. The van der Waals surface area contributed by atoms with Crippen molar-refractivity contribution in [1.82, 2.24) is 5.32 Å². The zero-order valence-electron chi connectivity index (χ0n) is 13.7. The van der Waals surface area contributed by atoms with Crippen molar-refractivity contribution in [1.29, 1.82) is 0 Å². The second-order valence-electron chi connectivity index (χ2n) is 5.90. The fraction of sp³-hybridized carbons (Fsp3) is 0.333. The highest BCUT2D eigenvalue weighted by atomic mass is 16.5. The molecule has 24 heavy (non-hydrogen) atoms. The van der Waals surface area contributed by atoms with Crippen LogP contribution in [0.2, 0.25) is 0 Å². The van der Waals surface area contributed by atoms with E-state index in [1.807, 2.05) is 31.2 Å². The molecule has 0 spiro atoms. The van der Waals surface area contributed by atoms with Crippen molar-refractivity contribution in [3.63, 3.8) is 0 Å². The molecule has 6 nitrogen and oxygen atoms in total. The SMILES string of the molecule is C[C@H](Cc1ccco1)NC(=O)CN1C(=O)[C@@H](C)Oc2ccccc21. The predicted octanol–water partition coefficient (Wildman–Crippen LogP) is 2.14. The van der Waals surface area contributed by atoms with Crippen LogP contribution in [-0.4, -0.2) is 30.5 Å². The van der Waals surface area contributed by atoms with Gasteiger partial charge in [-0.2, -0.15) is 0 Å². The van der Waals surface area contributed by atoms with Crippen LogP contribution in [0.15, 0.2) is 47.1 Å². The predicted molar refractivity (Wildman–Crippen MR) is 88.9 cm³/mol. The van der Waals surface area contributed by atoms with Crippen molar-refractivity contribution in [2.75, 3.05) is 11.4 Å². The van der Waals surface area contributed by atoms with Crippen LogP contribution in [-0.2, 0) is 16.0 Å². The van der Waals surface area contributed by atoms with Gasteiger partial charge in [-0.3, -0.25) is 14.5 Å². The molecular weight excluding hydrogens is 308 g/mol. The summed E-state index contributed by atoms with van der Waals surface area (Å²) in [5, 5.41) is 2.90. The summed E-state index contributed by atoms with van der Waals surface area (Å²) in [4.78, 5) is 26.2. The average molecular weight is 328 g/mol. The van der Waals surface area contributed by atoms with Crippen LogP contribution >= 0.6 is 0 Å². The average Bonchev–Trinajstić information content (AvgIpc) is 3.04. The summed E-state index contributed by atoms with van der Waals surface area (Å²) in [7, 11) is 0. The maximum absolute atomic E-state index is 12.4. The van der Waals surface area contributed by atoms with Crippen molar-refractivity contribution in [2.24, 2.45) is 0 Å². The fourth-order valence-electron chi connectivity index (χ4n) is 2.77. The number of rotatable bonds is 5. The van der Waals surface area contributed by atoms with E-state index in [0.717, 1.165) is 5.76 Å². The Bertz CT molecular complexity index is 726. The molecule has 0 bridgehead atoms. The fourth-order valence-corrected chi connectivity index (χ4v) is 2.77. The summed E-state index contributed by atoms with van der Waals surface area (Å²) in [5.74, 6) is 0.985. The molecule has 1 aliphatic heterocycles. The highest BCUT2D eigenvalue weighted by molar-refractivity contribution is 6.03. The Hall–Kier alpha value is -2.76. The number of ether oxygens (including phenoxy) is 1. The quantitative estimate of drug-likeness (QED) is 0.913. The molecule has 1 aliphatic rings. The van der Waals surface area contributed by atoms with Crippen molar-refractivity contribution in [2.45, 2.75) is 32.4 Å². The lowest BCUT2D eigenvalue weighted by Crippen LogP contribution is -2.50. The van der Waals surface area contributed by atoms with Crippen molar-refractivity contribution in [3.05, 3.63) is 48.4 Å². The number of carbonyl (C=O) groups is 2. The van der Waals surface area contributed by atoms with E-state index in [4.69, 9.17) is 9.15 Å². The van der Waals surface area contributed by atoms with E-state index in [1.54, 1.807) is 25.3 Å². The van der Waals surface area contributed by atoms with E-state index in [2.05, 4.69) is 5.32 Å². The topological polar surface area (TPSA) is 71.8 Å². The third-order valence-electron chi connectivity index (χ3n) is 3.87. The molecule has 1 aromatic carbocycles. The molecule has 2 atom stereocenters. The number of anilines is 1. The Morgan fingerprint density at radius 2 is 2.08 bits per heavy atom. The third kappa shape index (κ3) is 3.42. The van der Waals surface area contributed by atoms with Crippen molar-refractivity contribution < 1.29 is 18.7 Å². The number of nitrogens with zero attached hydrogens (tertiary/aromatic N) is 1. The Kier molecular flexibility index (Phi) is 4.55.